The van der Waals surface area contributed by atoms with Crippen LogP contribution in [0.5, 0.6) is 0 Å². The van der Waals surface area contributed by atoms with Gasteiger partial charge in [-0.3, -0.25) is 14.9 Å². The number of amides is 2. The molecule has 104 valence electrons. The molecule has 0 aromatic rings. The van der Waals surface area contributed by atoms with E-state index in [-0.39, 0.29) is 23.1 Å². The molecule has 1 fully saturated rings. The summed E-state index contributed by atoms with van der Waals surface area (Å²) in [4.78, 5) is 23.9. The zero-order chi connectivity index (χ0) is 13.8. The van der Waals surface area contributed by atoms with Crippen molar-refractivity contribution < 1.29 is 9.59 Å². The number of hydrogen-bond acceptors (Lipinski definition) is 2. The van der Waals surface area contributed by atoms with Crippen LogP contribution in [-0.2, 0) is 9.59 Å². The summed E-state index contributed by atoms with van der Waals surface area (Å²) in [6.07, 6.45) is 5.54. The van der Waals surface area contributed by atoms with Crippen molar-refractivity contribution in [2.45, 2.75) is 66.2 Å². The molecule has 18 heavy (non-hydrogen) atoms. The molecule has 2 amide bonds. The Morgan fingerprint density at radius 1 is 1.33 bits per heavy atom. The van der Waals surface area contributed by atoms with E-state index in [9.17, 15) is 9.59 Å². The number of piperidine rings is 1. The Bertz CT molecular complexity index is 312. The van der Waals surface area contributed by atoms with Gasteiger partial charge in [-0.25, -0.2) is 0 Å². The Kier molecular flexibility index (Phi) is 5.36. The minimum absolute atomic E-state index is 0.00625. The molecule has 0 aromatic heterocycles. The first-order valence-corrected chi connectivity index (χ1v) is 7.29. The summed E-state index contributed by atoms with van der Waals surface area (Å²) in [6, 6.07) is 0. The zero-order valence-electron chi connectivity index (χ0n) is 12.2. The lowest BCUT2D eigenvalue weighted by Crippen LogP contribution is -2.52. The lowest BCUT2D eigenvalue weighted by Gasteiger charge is -2.43. The maximum Gasteiger partial charge on any atom is 0.230 e. The summed E-state index contributed by atoms with van der Waals surface area (Å²) in [5.41, 5.74) is -0.0975. The molecule has 1 aliphatic heterocycles. The third kappa shape index (κ3) is 3.33. The van der Waals surface area contributed by atoms with Gasteiger partial charge in [-0.2, -0.15) is 0 Å². The van der Waals surface area contributed by atoms with Crippen LogP contribution in [-0.4, -0.2) is 11.8 Å². The second-order valence-electron chi connectivity index (χ2n) is 6.09. The van der Waals surface area contributed by atoms with E-state index in [4.69, 9.17) is 0 Å². The Morgan fingerprint density at radius 2 is 2.00 bits per heavy atom. The van der Waals surface area contributed by atoms with Crippen LogP contribution in [0.3, 0.4) is 0 Å². The first-order chi connectivity index (χ1) is 8.45. The van der Waals surface area contributed by atoms with Crippen LogP contribution in [0.4, 0.5) is 0 Å². The third-order valence-corrected chi connectivity index (χ3v) is 4.27. The van der Waals surface area contributed by atoms with Crippen LogP contribution in [0, 0.1) is 17.3 Å². The second-order valence-corrected chi connectivity index (χ2v) is 6.09. The normalized spacial score (nSPS) is 28.6. The Labute approximate surface area is 111 Å². The van der Waals surface area contributed by atoms with Crippen molar-refractivity contribution in [2.24, 2.45) is 17.3 Å². The first kappa shape index (κ1) is 15.2. The van der Waals surface area contributed by atoms with Gasteiger partial charge in [-0.05, 0) is 30.6 Å². The molecule has 0 bridgehead atoms. The minimum Gasteiger partial charge on any atom is -0.296 e. The van der Waals surface area contributed by atoms with Crippen LogP contribution >= 0.6 is 0 Å². The van der Waals surface area contributed by atoms with Gasteiger partial charge in [0, 0.05) is 12.3 Å². The monoisotopic (exact) mass is 253 g/mol. The molecule has 3 nitrogen and oxygen atoms in total. The number of hydrogen-bond donors (Lipinski definition) is 1. The lowest BCUT2D eigenvalue weighted by molar-refractivity contribution is -0.145. The van der Waals surface area contributed by atoms with E-state index in [1.54, 1.807) is 0 Å². The molecule has 0 radical (unpaired) electrons. The Morgan fingerprint density at radius 3 is 2.50 bits per heavy atom. The number of carbonyl (C=O) groups excluding carboxylic acids is 2. The maximum atomic E-state index is 12.1. The summed E-state index contributed by atoms with van der Waals surface area (Å²) in [5.74, 6) is 0.365. The second kappa shape index (κ2) is 6.35. The van der Waals surface area contributed by atoms with Gasteiger partial charge in [0.05, 0.1) is 0 Å². The predicted octanol–water partition coefficient (Wildman–Crippen LogP) is 3.28. The van der Waals surface area contributed by atoms with Crippen molar-refractivity contribution in [3.63, 3.8) is 0 Å². The van der Waals surface area contributed by atoms with Crippen LogP contribution < -0.4 is 5.32 Å². The molecule has 1 heterocycles. The molecule has 2 atom stereocenters. The Balaban J connectivity index is 2.96. The Hall–Kier alpha value is -0.860. The summed E-state index contributed by atoms with van der Waals surface area (Å²) >= 11 is 0. The summed E-state index contributed by atoms with van der Waals surface area (Å²) in [5, 5.41) is 2.52. The van der Waals surface area contributed by atoms with Gasteiger partial charge in [0.15, 0.2) is 0 Å². The molecule has 0 spiro atoms. The molecular weight excluding hydrogens is 226 g/mol. The highest BCUT2D eigenvalue weighted by molar-refractivity contribution is 5.99. The highest BCUT2D eigenvalue weighted by atomic mass is 16.2. The van der Waals surface area contributed by atoms with E-state index in [0.29, 0.717) is 12.3 Å². The van der Waals surface area contributed by atoms with Gasteiger partial charge in [-0.15, -0.1) is 0 Å². The number of unbranched alkanes of at least 4 members (excludes halogenated alkanes) is 1. The van der Waals surface area contributed by atoms with Crippen molar-refractivity contribution in [3.05, 3.63) is 0 Å². The summed E-state index contributed by atoms with van der Waals surface area (Å²) in [7, 11) is 0. The van der Waals surface area contributed by atoms with Gasteiger partial charge in [-0.1, -0.05) is 40.5 Å². The topological polar surface area (TPSA) is 46.2 Å². The minimum atomic E-state index is -0.0975. The summed E-state index contributed by atoms with van der Waals surface area (Å²) < 4.78 is 0. The summed E-state index contributed by atoms with van der Waals surface area (Å²) in [6.45, 7) is 8.56. The van der Waals surface area contributed by atoms with E-state index in [1.165, 1.54) is 0 Å². The number of nitrogens with one attached hydrogen (secondary N) is 1. The van der Waals surface area contributed by atoms with Gasteiger partial charge in [0.1, 0.15) is 0 Å². The average molecular weight is 253 g/mol. The van der Waals surface area contributed by atoms with Crippen LogP contribution in [0.2, 0.25) is 0 Å². The fourth-order valence-corrected chi connectivity index (χ4v) is 3.16. The fourth-order valence-electron chi connectivity index (χ4n) is 3.16. The van der Waals surface area contributed by atoms with Crippen LogP contribution in [0.15, 0.2) is 0 Å². The van der Waals surface area contributed by atoms with E-state index < -0.39 is 0 Å². The SMILES string of the molecule is CCCCC1(CC)CC(=O)NC(=O)C1CC(C)C. The lowest BCUT2D eigenvalue weighted by atomic mass is 9.63. The van der Waals surface area contributed by atoms with Crippen LogP contribution in [0.25, 0.3) is 0 Å². The van der Waals surface area contributed by atoms with Crippen LogP contribution in [0.1, 0.15) is 66.2 Å². The van der Waals surface area contributed by atoms with E-state index in [0.717, 1.165) is 32.1 Å². The molecule has 3 heteroatoms. The van der Waals surface area contributed by atoms with Crippen molar-refractivity contribution in [2.75, 3.05) is 0 Å². The van der Waals surface area contributed by atoms with E-state index in [1.807, 2.05) is 0 Å². The quantitative estimate of drug-likeness (QED) is 0.738. The van der Waals surface area contributed by atoms with Gasteiger partial charge < -0.3 is 0 Å². The van der Waals surface area contributed by atoms with Crippen molar-refractivity contribution in [3.8, 4) is 0 Å². The fraction of sp³-hybridized carbons (Fsp3) is 0.867. The molecule has 1 aliphatic rings. The largest absolute Gasteiger partial charge is 0.296 e. The third-order valence-electron chi connectivity index (χ3n) is 4.27. The number of carbonyl (C=O) groups is 2. The van der Waals surface area contributed by atoms with Gasteiger partial charge in [0.2, 0.25) is 11.8 Å². The van der Waals surface area contributed by atoms with Crippen molar-refractivity contribution in [1.29, 1.82) is 0 Å². The molecular formula is C15H27NO2. The zero-order valence-corrected chi connectivity index (χ0v) is 12.2. The van der Waals surface area contributed by atoms with Gasteiger partial charge in [0.25, 0.3) is 0 Å². The van der Waals surface area contributed by atoms with Gasteiger partial charge >= 0.3 is 0 Å². The number of rotatable bonds is 6. The molecule has 2 unspecified atom stereocenters. The highest BCUT2D eigenvalue weighted by Crippen LogP contribution is 2.45. The predicted molar refractivity (Wildman–Crippen MR) is 73.0 cm³/mol. The standard InChI is InChI=1S/C15H27NO2/c1-5-7-8-15(6-2)10-13(17)16-14(18)12(15)9-11(3)4/h11-12H,5-10H2,1-4H3,(H,16,17,18). The molecule has 1 rings (SSSR count). The van der Waals surface area contributed by atoms with E-state index in [2.05, 4.69) is 33.0 Å². The molecule has 1 saturated heterocycles. The molecule has 0 aromatic carbocycles. The average Bonchev–Trinajstić information content (AvgIpc) is 2.30. The first-order valence-electron chi connectivity index (χ1n) is 7.29. The van der Waals surface area contributed by atoms with Crippen molar-refractivity contribution >= 4 is 11.8 Å². The number of imide groups is 1. The smallest absolute Gasteiger partial charge is 0.230 e. The molecule has 0 aliphatic carbocycles. The van der Waals surface area contributed by atoms with Crippen molar-refractivity contribution in [1.82, 2.24) is 5.32 Å². The van der Waals surface area contributed by atoms with E-state index >= 15 is 0 Å². The maximum absolute atomic E-state index is 12.1. The molecule has 1 N–H and O–H groups in total. The highest BCUT2D eigenvalue weighted by Gasteiger charge is 2.46. The molecule has 0 saturated carbocycles.